The number of aromatic nitrogens is 4. The third-order valence-corrected chi connectivity index (χ3v) is 6.97. The molecule has 1 aliphatic carbocycles. The fraction of sp³-hybridized carbons (Fsp3) is 0.423. The Morgan fingerprint density at radius 3 is 2.20 bits per heavy atom. The molecule has 3 aromatic rings. The molecular weight excluding hydrogens is 558 g/mol. The molecule has 0 aliphatic heterocycles. The van der Waals surface area contributed by atoms with E-state index in [9.17, 15) is 35.9 Å². The van der Waals surface area contributed by atoms with Gasteiger partial charge < -0.3 is 15.0 Å². The van der Waals surface area contributed by atoms with Gasteiger partial charge in [0.1, 0.15) is 0 Å². The molecule has 1 atom stereocenters. The summed E-state index contributed by atoms with van der Waals surface area (Å²) >= 11 is 0. The number of alkyl halides is 6. The van der Waals surface area contributed by atoms with Crippen molar-refractivity contribution in [3.8, 4) is 5.82 Å². The molecule has 1 N–H and O–H groups in total. The van der Waals surface area contributed by atoms with Gasteiger partial charge in [-0.05, 0) is 55.5 Å². The molecule has 1 aromatic carbocycles. The van der Waals surface area contributed by atoms with Crippen molar-refractivity contribution < 1.29 is 40.7 Å². The van der Waals surface area contributed by atoms with Crippen molar-refractivity contribution in [1.82, 2.24) is 24.9 Å². The second-order valence-corrected chi connectivity index (χ2v) is 9.61. The van der Waals surface area contributed by atoms with Crippen LogP contribution in [0.5, 0.6) is 0 Å². The third-order valence-electron chi connectivity index (χ3n) is 6.97. The molecule has 220 valence electrons. The lowest BCUT2D eigenvalue weighted by Gasteiger charge is -2.35. The first-order valence-corrected chi connectivity index (χ1v) is 12.5. The number of amides is 1. The zero-order chi connectivity index (χ0) is 29.9. The van der Waals surface area contributed by atoms with Crippen LogP contribution in [0.2, 0.25) is 0 Å². The summed E-state index contributed by atoms with van der Waals surface area (Å²) in [5, 5.41) is 13.5. The van der Waals surface area contributed by atoms with E-state index < -0.39 is 53.5 Å². The number of nitrogens with zero attached hydrogens (tertiary/aromatic N) is 5. The van der Waals surface area contributed by atoms with E-state index in [0.29, 0.717) is 22.4 Å². The molecule has 0 radical (unpaired) electrons. The molecule has 0 spiro atoms. The van der Waals surface area contributed by atoms with Crippen molar-refractivity contribution in [3.63, 3.8) is 0 Å². The average Bonchev–Trinajstić information content (AvgIpc) is 3.37. The van der Waals surface area contributed by atoms with Gasteiger partial charge in [-0.25, -0.2) is 4.68 Å². The van der Waals surface area contributed by atoms with Gasteiger partial charge in [0, 0.05) is 24.8 Å². The summed E-state index contributed by atoms with van der Waals surface area (Å²) in [4.78, 5) is 25.4. The van der Waals surface area contributed by atoms with Crippen LogP contribution in [0.4, 0.5) is 37.7 Å². The van der Waals surface area contributed by atoms with E-state index in [1.165, 1.54) is 37.6 Å². The van der Waals surface area contributed by atoms with Crippen molar-refractivity contribution in [3.05, 3.63) is 60.0 Å². The second-order valence-electron chi connectivity index (χ2n) is 9.61. The smallest absolute Gasteiger partial charge is 0.435 e. The van der Waals surface area contributed by atoms with E-state index in [1.54, 1.807) is 0 Å². The van der Waals surface area contributed by atoms with Gasteiger partial charge >= 0.3 is 18.3 Å². The van der Waals surface area contributed by atoms with Gasteiger partial charge in [-0.2, -0.15) is 36.5 Å². The van der Waals surface area contributed by atoms with Crippen molar-refractivity contribution in [2.75, 3.05) is 19.5 Å². The molecule has 9 nitrogen and oxygen atoms in total. The van der Waals surface area contributed by atoms with Crippen molar-refractivity contribution in [2.24, 2.45) is 11.8 Å². The van der Waals surface area contributed by atoms with E-state index in [4.69, 9.17) is 4.74 Å². The number of ether oxygens (including phenoxy) is 1. The number of hydrogen-bond acceptors (Lipinski definition) is 7. The quantitative estimate of drug-likeness (QED) is 0.291. The highest BCUT2D eigenvalue weighted by molar-refractivity contribution is 5.80. The predicted octanol–water partition coefficient (Wildman–Crippen LogP) is 5.47. The van der Waals surface area contributed by atoms with Gasteiger partial charge in [0.15, 0.2) is 17.6 Å². The second kappa shape index (κ2) is 11.7. The lowest BCUT2D eigenvalue weighted by atomic mass is 9.81. The van der Waals surface area contributed by atoms with Crippen LogP contribution in [0.25, 0.3) is 5.82 Å². The highest BCUT2D eigenvalue weighted by atomic mass is 19.4. The van der Waals surface area contributed by atoms with Gasteiger partial charge in [0.05, 0.1) is 24.9 Å². The monoisotopic (exact) mass is 584 g/mol. The Balaban J connectivity index is 1.53. The summed E-state index contributed by atoms with van der Waals surface area (Å²) in [6.07, 6.45) is -6.30. The predicted molar refractivity (Wildman–Crippen MR) is 133 cm³/mol. The van der Waals surface area contributed by atoms with Gasteiger partial charge in [0.2, 0.25) is 5.91 Å². The Labute approximate surface area is 230 Å². The van der Waals surface area contributed by atoms with E-state index in [0.717, 1.165) is 25.4 Å². The Kier molecular flexibility index (Phi) is 8.54. The van der Waals surface area contributed by atoms with Gasteiger partial charge in [0.25, 0.3) is 0 Å². The lowest BCUT2D eigenvalue weighted by Crippen LogP contribution is -2.43. The summed E-state index contributed by atoms with van der Waals surface area (Å²) in [6.45, 7) is 0. The molecule has 4 rings (SSSR count). The molecule has 1 saturated carbocycles. The minimum absolute atomic E-state index is 0.0639. The minimum Gasteiger partial charge on any atom is -0.469 e. The zero-order valence-corrected chi connectivity index (χ0v) is 21.9. The number of anilines is 2. The van der Waals surface area contributed by atoms with Crippen LogP contribution >= 0.6 is 0 Å². The number of benzene rings is 1. The third kappa shape index (κ3) is 6.60. The first-order valence-electron chi connectivity index (χ1n) is 12.5. The maximum Gasteiger partial charge on any atom is 0.435 e. The molecule has 41 heavy (non-hydrogen) atoms. The van der Waals surface area contributed by atoms with E-state index in [1.807, 2.05) is 0 Å². The van der Waals surface area contributed by atoms with Gasteiger partial charge in [-0.1, -0.05) is 12.1 Å². The SMILES string of the molecule is COC(=O)C1CCC(C(=O)N(C)[C@@H](c2ccc(Nc3cnn(-c4cccnn4)c3C(F)(F)F)cc2)C(F)(F)F)CC1. The maximum absolute atomic E-state index is 14.2. The normalized spacial score (nSPS) is 18.4. The molecule has 1 fully saturated rings. The van der Waals surface area contributed by atoms with Gasteiger partial charge in [-0.15, -0.1) is 5.10 Å². The van der Waals surface area contributed by atoms with Crippen molar-refractivity contribution in [1.29, 1.82) is 0 Å². The Morgan fingerprint density at radius 2 is 1.66 bits per heavy atom. The van der Waals surface area contributed by atoms with Gasteiger partial charge in [-0.3, -0.25) is 9.59 Å². The maximum atomic E-state index is 14.2. The Hall–Kier alpha value is -4.17. The zero-order valence-electron chi connectivity index (χ0n) is 21.9. The molecule has 2 heterocycles. The number of nitrogens with one attached hydrogen (secondary N) is 1. The lowest BCUT2D eigenvalue weighted by molar-refractivity contribution is -0.191. The molecule has 0 bridgehead atoms. The van der Waals surface area contributed by atoms with Crippen LogP contribution in [0, 0.1) is 11.8 Å². The van der Waals surface area contributed by atoms with E-state index in [-0.39, 0.29) is 29.9 Å². The molecule has 1 amide bonds. The average molecular weight is 585 g/mol. The summed E-state index contributed by atoms with van der Waals surface area (Å²) < 4.78 is 89.5. The van der Waals surface area contributed by atoms with Crippen LogP contribution in [-0.2, 0) is 20.5 Å². The summed E-state index contributed by atoms with van der Waals surface area (Å²) in [6, 6.07) is 4.96. The highest BCUT2D eigenvalue weighted by Gasteiger charge is 2.47. The Morgan fingerprint density at radius 1 is 1.02 bits per heavy atom. The topological polar surface area (TPSA) is 102 Å². The number of esters is 1. The molecule has 15 heteroatoms. The highest BCUT2D eigenvalue weighted by Crippen LogP contribution is 2.41. The number of carbonyl (C=O) groups is 2. The standard InChI is InChI=1S/C26H26F6N6O3/c1-37(23(39)16-5-7-17(8-6-16)24(40)41-2)21(25(27,28)29)15-9-11-18(12-10-15)35-19-14-34-38(22(19)26(30,31)32)20-4-3-13-33-36-20/h3-4,9-14,16-17,21,35H,5-8H2,1-2H3/t16?,17?,21-/m0/s1. The van der Waals surface area contributed by atoms with E-state index in [2.05, 4.69) is 20.6 Å². The van der Waals surface area contributed by atoms with Crippen molar-refractivity contribution in [2.45, 2.75) is 44.1 Å². The number of rotatable bonds is 7. The van der Waals surface area contributed by atoms with E-state index >= 15 is 0 Å². The summed E-state index contributed by atoms with van der Waals surface area (Å²) in [7, 11) is 2.32. The largest absolute Gasteiger partial charge is 0.469 e. The van der Waals surface area contributed by atoms with Crippen molar-refractivity contribution >= 4 is 23.3 Å². The van der Waals surface area contributed by atoms with Crippen LogP contribution in [0.15, 0.2) is 48.8 Å². The minimum atomic E-state index is -4.85. The molecule has 0 saturated heterocycles. The van der Waals surface area contributed by atoms with Crippen LogP contribution in [0.1, 0.15) is 43.0 Å². The first-order chi connectivity index (χ1) is 19.3. The Bertz CT molecular complexity index is 1350. The fourth-order valence-corrected chi connectivity index (χ4v) is 4.99. The number of carbonyl (C=O) groups excluding carboxylic acids is 2. The molecule has 2 aromatic heterocycles. The van der Waals surface area contributed by atoms with Crippen LogP contribution in [0.3, 0.4) is 0 Å². The fourth-order valence-electron chi connectivity index (χ4n) is 4.99. The summed E-state index contributed by atoms with van der Waals surface area (Å²) in [5.74, 6) is -2.36. The number of methoxy groups -OCH3 is 1. The number of halogens is 6. The first kappa shape index (κ1) is 29.8. The van der Waals surface area contributed by atoms with Crippen LogP contribution < -0.4 is 5.32 Å². The molecule has 1 aliphatic rings. The summed E-state index contributed by atoms with van der Waals surface area (Å²) in [5.41, 5.74) is -1.83. The van der Waals surface area contributed by atoms with Crippen LogP contribution in [-0.4, -0.2) is 57.1 Å². The molecular formula is C26H26F6N6O3. The number of hydrogen-bond donors (Lipinski definition) is 1. The molecule has 0 unspecified atom stereocenters.